The fourth-order valence-corrected chi connectivity index (χ4v) is 1.48. The molecule has 0 atom stereocenters. The Bertz CT molecular complexity index is 196. The van der Waals surface area contributed by atoms with E-state index in [0.29, 0.717) is 0 Å². The van der Waals surface area contributed by atoms with Crippen molar-refractivity contribution in [2.75, 3.05) is 0 Å². The summed E-state index contributed by atoms with van der Waals surface area (Å²) in [7, 11) is 0. The summed E-state index contributed by atoms with van der Waals surface area (Å²) in [5.41, 5.74) is 2.83. The van der Waals surface area contributed by atoms with Gasteiger partial charge in [-0.05, 0) is 0 Å². The van der Waals surface area contributed by atoms with E-state index >= 15 is 0 Å². The molecule has 0 aliphatic rings. The predicted molar refractivity (Wildman–Crippen MR) is 41.3 cm³/mol. The van der Waals surface area contributed by atoms with Gasteiger partial charge in [-0.1, -0.05) is 0 Å². The molecule has 0 aliphatic heterocycles. The first-order chi connectivity index (χ1) is 4.22. The van der Waals surface area contributed by atoms with E-state index < -0.39 is 0 Å². The maximum atomic E-state index is 2.17. The molecule has 0 unspecified atom stereocenters. The molecule has 1 heteroatoms. The van der Waals surface area contributed by atoms with Gasteiger partial charge < -0.3 is 0 Å². The summed E-state index contributed by atoms with van der Waals surface area (Å²) in [5, 5.41) is 0. The molecule has 0 fully saturated rings. The molecular formula is C8H9Sb. The zero-order valence-corrected chi connectivity index (χ0v) is 8.23. The average molecular weight is 227 g/mol. The molecule has 2 radical (unpaired) electrons. The Hall–Kier alpha value is 0.0382. The zero-order valence-electron chi connectivity index (χ0n) is 5.68. The number of benzene rings is 1. The van der Waals surface area contributed by atoms with E-state index in [1.54, 1.807) is 23.0 Å². The Balaban J connectivity index is 3.25. The van der Waals surface area contributed by atoms with Crippen LogP contribution in [0.1, 0.15) is 11.1 Å². The average Bonchev–Trinajstić information content (AvgIpc) is 1.83. The summed E-state index contributed by atoms with van der Waals surface area (Å²) in [6, 6.07) is 6.42. The third-order valence-corrected chi connectivity index (χ3v) is 2.96. The van der Waals surface area contributed by atoms with Gasteiger partial charge in [-0.25, -0.2) is 0 Å². The summed E-state index contributed by atoms with van der Waals surface area (Å²) >= 11 is 1.79. The number of hydrogen-bond acceptors (Lipinski definition) is 0. The van der Waals surface area contributed by atoms with Crippen LogP contribution < -0.4 is 3.51 Å². The van der Waals surface area contributed by atoms with Gasteiger partial charge in [0.2, 0.25) is 0 Å². The second-order valence-corrected chi connectivity index (χ2v) is 3.59. The number of aryl methyl sites for hydroxylation is 1. The van der Waals surface area contributed by atoms with Crippen molar-refractivity contribution in [2.24, 2.45) is 0 Å². The second-order valence-electron chi connectivity index (χ2n) is 2.22. The van der Waals surface area contributed by atoms with Crippen LogP contribution in [0, 0.1) is 13.8 Å². The van der Waals surface area contributed by atoms with Gasteiger partial charge in [0.25, 0.3) is 0 Å². The van der Waals surface area contributed by atoms with Crippen molar-refractivity contribution in [1.82, 2.24) is 0 Å². The van der Waals surface area contributed by atoms with Gasteiger partial charge >= 0.3 is 69.7 Å². The van der Waals surface area contributed by atoms with Crippen molar-refractivity contribution < 1.29 is 0 Å². The first-order valence-electron chi connectivity index (χ1n) is 2.97. The molecule has 0 bridgehead atoms. The summed E-state index contributed by atoms with van der Waals surface area (Å²) in [6.45, 7) is 4.32. The first kappa shape index (κ1) is 7.15. The molecule has 0 heterocycles. The van der Waals surface area contributed by atoms with Crippen LogP contribution in [0.3, 0.4) is 0 Å². The van der Waals surface area contributed by atoms with E-state index in [9.17, 15) is 0 Å². The third-order valence-electron chi connectivity index (χ3n) is 1.58. The van der Waals surface area contributed by atoms with E-state index in [-0.39, 0.29) is 0 Å². The van der Waals surface area contributed by atoms with Crippen molar-refractivity contribution >= 4 is 26.5 Å². The van der Waals surface area contributed by atoms with E-state index in [0.717, 1.165) is 0 Å². The number of rotatable bonds is 0. The van der Waals surface area contributed by atoms with E-state index in [1.165, 1.54) is 14.6 Å². The topological polar surface area (TPSA) is 0 Å². The second kappa shape index (κ2) is 2.75. The van der Waals surface area contributed by atoms with Crippen LogP contribution in [0.5, 0.6) is 0 Å². The molecule has 0 saturated carbocycles. The monoisotopic (exact) mass is 226 g/mol. The summed E-state index contributed by atoms with van der Waals surface area (Å²) in [4.78, 5) is 0. The van der Waals surface area contributed by atoms with Crippen molar-refractivity contribution in [3.8, 4) is 0 Å². The molecular weight excluding hydrogens is 218 g/mol. The first-order valence-corrected chi connectivity index (χ1v) is 4.24. The van der Waals surface area contributed by atoms with Gasteiger partial charge in [-0.2, -0.15) is 0 Å². The molecule has 0 aliphatic carbocycles. The number of hydrogen-bond donors (Lipinski definition) is 0. The Morgan fingerprint density at radius 1 is 1.22 bits per heavy atom. The molecule has 0 saturated heterocycles. The van der Waals surface area contributed by atoms with Crippen LogP contribution in [0.15, 0.2) is 18.2 Å². The Labute approximate surface area is 69.8 Å². The Morgan fingerprint density at radius 2 is 1.89 bits per heavy atom. The van der Waals surface area contributed by atoms with Crippen molar-refractivity contribution in [3.05, 3.63) is 29.3 Å². The predicted octanol–water partition coefficient (Wildman–Crippen LogP) is 1.10. The Kier molecular flexibility index (Phi) is 2.18. The van der Waals surface area contributed by atoms with Crippen LogP contribution in [0.25, 0.3) is 0 Å². The van der Waals surface area contributed by atoms with Gasteiger partial charge in [0, 0.05) is 0 Å². The molecule has 46 valence electrons. The normalized spacial score (nSPS) is 9.67. The van der Waals surface area contributed by atoms with E-state index in [1.807, 2.05) is 0 Å². The molecule has 1 aromatic rings. The van der Waals surface area contributed by atoms with Gasteiger partial charge in [0.1, 0.15) is 0 Å². The quantitative estimate of drug-likeness (QED) is 0.582. The zero-order chi connectivity index (χ0) is 6.85. The SMILES string of the molecule is Cc1ccc[c]([Sb])c1C. The van der Waals surface area contributed by atoms with Gasteiger partial charge in [-0.15, -0.1) is 0 Å². The molecule has 1 rings (SSSR count). The fraction of sp³-hybridized carbons (Fsp3) is 0.250. The van der Waals surface area contributed by atoms with Crippen molar-refractivity contribution in [1.29, 1.82) is 0 Å². The minimum absolute atomic E-state index is 1.40. The standard InChI is InChI=1S/C8H9.Sb/c1-7-5-3-4-6-8(7)2;/h3-5H,1-2H3;. The van der Waals surface area contributed by atoms with Crippen LogP contribution in [-0.2, 0) is 0 Å². The molecule has 9 heavy (non-hydrogen) atoms. The van der Waals surface area contributed by atoms with Crippen LogP contribution in [-0.4, -0.2) is 23.0 Å². The molecule has 0 amide bonds. The van der Waals surface area contributed by atoms with Gasteiger partial charge in [0.15, 0.2) is 0 Å². The van der Waals surface area contributed by atoms with Crippen LogP contribution in [0.2, 0.25) is 0 Å². The molecule has 0 spiro atoms. The van der Waals surface area contributed by atoms with Crippen LogP contribution >= 0.6 is 0 Å². The molecule has 1 aromatic carbocycles. The third kappa shape index (κ3) is 1.49. The summed E-state index contributed by atoms with van der Waals surface area (Å²) < 4.78 is 1.43. The van der Waals surface area contributed by atoms with Gasteiger partial charge in [-0.3, -0.25) is 0 Å². The van der Waals surface area contributed by atoms with Crippen molar-refractivity contribution in [2.45, 2.75) is 13.8 Å². The Morgan fingerprint density at radius 3 is 2.33 bits per heavy atom. The van der Waals surface area contributed by atoms with Gasteiger partial charge in [0.05, 0.1) is 0 Å². The minimum atomic E-state index is 1.40. The van der Waals surface area contributed by atoms with Crippen LogP contribution in [0.4, 0.5) is 0 Å². The summed E-state index contributed by atoms with van der Waals surface area (Å²) in [5.74, 6) is 0. The van der Waals surface area contributed by atoms with Crippen molar-refractivity contribution in [3.63, 3.8) is 0 Å². The molecule has 0 N–H and O–H groups in total. The molecule has 0 aromatic heterocycles. The fourth-order valence-electron chi connectivity index (χ4n) is 0.736. The summed E-state index contributed by atoms with van der Waals surface area (Å²) in [6.07, 6.45) is 0. The van der Waals surface area contributed by atoms with E-state index in [4.69, 9.17) is 0 Å². The van der Waals surface area contributed by atoms with E-state index in [2.05, 4.69) is 32.0 Å². The molecule has 0 nitrogen and oxygen atoms in total. The maximum absolute atomic E-state index is 2.17.